The van der Waals surface area contributed by atoms with Crippen LogP contribution < -0.4 is 10.6 Å². The molecule has 2 N–H and O–H groups in total. The molecule has 1 fully saturated rings. The molecule has 0 bridgehead atoms. The van der Waals surface area contributed by atoms with Crippen molar-refractivity contribution in [3.05, 3.63) is 66.0 Å². The molecule has 134 valence electrons. The second kappa shape index (κ2) is 7.77. The summed E-state index contributed by atoms with van der Waals surface area (Å²) < 4.78 is 5.24. The molecule has 7 nitrogen and oxygen atoms in total. The number of nitrogens with one attached hydrogen (secondary N) is 2. The van der Waals surface area contributed by atoms with Crippen molar-refractivity contribution in [3.8, 4) is 0 Å². The molecule has 7 heteroatoms. The summed E-state index contributed by atoms with van der Waals surface area (Å²) in [4.78, 5) is 40.3. The molecule has 3 amide bonds. The van der Waals surface area contributed by atoms with Crippen LogP contribution in [0.1, 0.15) is 24.0 Å². The lowest BCUT2D eigenvalue weighted by atomic mass is 9.83. The van der Waals surface area contributed by atoms with Crippen LogP contribution in [0.25, 0.3) is 0 Å². The van der Waals surface area contributed by atoms with Crippen molar-refractivity contribution in [1.82, 2.24) is 15.6 Å². The molecule has 0 radical (unpaired) electrons. The number of aromatic nitrogens is 1. The van der Waals surface area contributed by atoms with Crippen molar-refractivity contribution in [2.75, 3.05) is 0 Å². The van der Waals surface area contributed by atoms with Crippen molar-refractivity contribution in [2.24, 2.45) is 0 Å². The second-order valence-corrected chi connectivity index (χ2v) is 6.18. The normalized spacial score (nSPS) is 19.5. The summed E-state index contributed by atoms with van der Waals surface area (Å²) in [5, 5.41) is 4.98. The highest BCUT2D eigenvalue weighted by molar-refractivity contribution is 6.04. The lowest BCUT2D eigenvalue weighted by Crippen LogP contribution is -2.64. The molecule has 1 aliphatic rings. The Morgan fingerprint density at radius 3 is 2.54 bits per heavy atom. The van der Waals surface area contributed by atoms with Crippen LogP contribution in [-0.4, -0.2) is 28.4 Å². The van der Waals surface area contributed by atoms with E-state index in [-0.39, 0.29) is 31.8 Å². The number of nitrogens with zero attached hydrogens (tertiary/aromatic N) is 1. The van der Waals surface area contributed by atoms with Gasteiger partial charge < -0.3 is 10.1 Å². The molecular formula is C19H19N3O4. The Morgan fingerprint density at radius 1 is 1.12 bits per heavy atom. The van der Waals surface area contributed by atoms with Gasteiger partial charge in [0.05, 0.1) is 0 Å². The molecule has 1 saturated heterocycles. The second-order valence-electron chi connectivity index (χ2n) is 6.18. The minimum atomic E-state index is -1.23. The number of hydrogen-bond donors (Lipinski definition) is 2. The zero-order valence-electron chi connectivity index (χ0n) is 14.1. The maximum Gasteiger partial charge on any atom is 0.408 e. The number of benzene rings is 1. The highest BCUT2D eigenvalue weighted by Crippen LogP contribution is 2.23. The lowest BCUT2D eigenvalue weighted by Gasteiger charge is -2.35. The zero-order chi connectivity index (χ0) is 18.4. The minimum Gasteiger partial charge on any atom is -0.445 e. The number of alkyl carbamates (subject to hydrolysis) is 1. The van der Waals surface area contributed by atoms with Gasteiger partial charge in [-0.05, 0) is 29.7 Å². The molecule has 0 spiro atoms. The summed E-state index contributed by atoms with van der Waals surface area (Å²) in [7, 11) is 0. The van der Waals surface area contributed by atoms with Gasteiger partial charge in [-0.1, -0.05) is 30.3 Å². The third kappa shape index (κ3) is 4.24. The van der Waals surface area contributed by atoms with E-state index >= 15 is 0 Å². The standard InChI is InChI=1S/C19H19N3O4/c23-16-6-9-19(17(24)21-16,12-14-7-10-20-11-8-14)22-18(25)26-13-15-4-2-1-3-5-15/h1-5,7-8,10-11H,6,9,12-13H2,(H,22,25)(H,21,23,24)/t19-/m0/s1. The summed E-state index contributed by atoms with van der Waals surface area (Å²) >= 11 is 0. The number of rotatable bonds is 5. The Bertz CT molecular complexity index is 795. The van der Waals surface area contributed by atoms with Crippen LogP contribution in [0.15, 0.2) is 54.9 Å². The summed E-state index contributed by atoms with van der Waals surface area (Å²) in [6, 6.07) is 12.8. The quantitative estimate of drug-likeness (QED) is 0.798. The highest BCUT2D eigenvalue weighted by atomic mass is 16.5. The van der Waals surface area contributed by atoms with Crippen molar-refractivity contribution < 1.29 is 19.1 Å². The fraction of sp³-hybridized carbons (Fsp3) is 0.263. The molecule has 0 saturated carbocycles. The van der Waals surface area contributed by atoms with Crippen LogP contribution in [0, 0.1) is 0 Å². The van der Waals surface area contributed by atoms with Gasteiger partial charge in [0.1, 0.15) is 12.1 Å². The zero-order valence-corrected chi connectivity index (χ0v) is 14.1. The molecule has 0 unspecified atom stereocenters. The van der Waals surface area contributed by atoms with Gasteiger partial charge in [0.15, 0.2) is 0 Å². The SMILES string of the molecule is O=C1CC[C@@](Cc2ccncc2)(NC(=O)OCc2ccccc2)C(=O)N1. The summed E-state index contributed by atoms with van der Waals surface area (Å²) in [5.74, 6) is -0.873. The Labute approximate surface area is 150 Å². The summed E-state index contributed by atoms with van der Waals surface area (Å²) in [5.41, 5.74) is 0.435. The smallest absolute Gasteiger partial charge is 0.408 e. The number of pyridine rings is 1. The van der Waals surface area contributed by atoms with E-state index in [0.29, 0.717) is 0 Å². The van der Waals surface area contributed by atoms with Crippen LogP contribution in [0.5, 0.6) is 0 Å². The van der Waals surface area contributed by atoms with Crippen LogP contribution in [-0.2, 0) is 27.4 Å². The van der Waals surface area contributed by atoms with E-state index in [0.717, 1.165) is 11.1 Å². The summed E-state index contributed by atoms with van der Waals surface area (Å²) in [6.07, 6.45) is 3.13. The first-order chi connectivity index (χ1) is 12.6. The molecule has 2 aromatic rings. The van der Waals surface area contributed by atoms with Crippen molar-refractivity contribution in [2.45, 2.75) is 31.4 Å². The van der Waals surface area contributed by atoms with Gasteiger partial charge in [-0.15, -0.1) is 0 Å². The van der Waals surface area contributed by atoms with Crippen LogP contribution >= 0.6 is 0 Å². The van der Waals surface area contributed by atoms with Crippen molar-refractivity contribution in [1.29, 1.82) is 0 Å². The van der Waals surface area contributed by atoms with E-state index in [9.17, 15) is 14.4 Å². The average Bonchev–Trinajstić information content (AvgIpc) is 2.65. The first-order valence-corrected chi connectivity index (χ1v) is 8.29. The largest absolute Gasteiger partial charge is 0.445 e. The Kier molecular flexibility index (Phi) is 5.26. The first-order valence-electron chi connectivity index (χ1n) is 8.29. The number of ether oxygens (including phenoxy) is 1. The number of carbonyl (C=O) groups is 3. The van der Waals surface area contributed by atoms with Crippen molar-refractivity contribution >= 4 is 17.9 Å². The van der Waals surface area contributed by atoms with Gasteiger partial charge in [-0.25, -0.2) is 4.79 Å². The number of carbonyl (C=O) groups excluding carboxylic acids is 3. The molecule has 0 aliphatic carbocycles. The van der Waals surface area contributed by atoms with Gasteiger partial charge in [0.25, 0.3) is 5.91 Å². The number of amides is 3. The Hall–Kier alpha value is -3.22. The highest BCUT2D eigenvalue weighted by Gasteiger charge is 2.44. The maximum absolute atomic E-state index is 12.5. The lowest BCUT2D eigenvalue weighted by molar-refractivity contribution is -0.138. The van der Waals surface area contributed by atoms with Gasteiger partial charge in [0.2, 0.25) is 5.91 Å². The first kappa shape index (κ1) is 17.6. The third-order valence-corrected chi connectivity index (χ3v) is 4.28. The number of hydrogen-bond acceptors (Lipinski definition) is 5. The van der Waals surface area contributed by atoms with Gasteiger partial charge in [-0.3, -0.25) is 19.9 Å². The van der Waals surface area contributed by atoms with E-state index in [1.807, 2.05) is 30.3 Å². The van der Waals surface area contributed by atoms with Crippen LogP contribution in [0.3, 0.4) is 0 Å². The number of imide groups is 1. The predicted molar refractivity (Wildman–Crippen MR) is 92.8 cm³/mol. The molecular weight excluding hydrogens is 334 g/mol. The van der Waals surface area contributed by atoms with Crippen LogP contribution in [0.2, 0.25) is 0 Å². The minimum absolute atomic E-state index is 0.0958. The monoisotopic (exact) mass is 353 g/mol. The molecule has 1 aliphatic heterocycles. The molecule has 1 aromatic heterocycles. The topological polar surface area (TPSA) is 97.4 Å². The van der Waals surface area contributed by atoms with Gasteiger partial charge in [-0.2, -0.15) is 0 Å². The van der Waals surface area contributed by atoms with E-state index in [1.54, 1.807) is 24.5 Å². The van der Waals surface area contributed by atoms with E-state index in [4.69, 9.17) is 4.74 Å². The van der Waals surface area contributed by atoms with E-state index in [1.165, 1.54) is 0 Å². The van der Waals surface area contributed by atoms with Crippen molar-refractivity contribution in [3.63, 3.8) is 0 Å². The van der Waals surface area contributed by atoms with Crippen LogP contribution in [0.4, 0.5) is 4.79 Å². The summed E-state index contributed by atoms with van der Waals surface area (Å²) in [6.45, 7) is 0.0958. The maximum atomic E-state index is 12.5. The average molecular weight is 353 g/mol. The van der Waals surface area contributed by atoms with Gasteiger partial charge in [0, 0.05) is 25.2 Å². The van der Waals surface area contributed by atoms with E-state index < -0.39 is 17.5 Å². The van der Waals surface area contributed by atoms with Gasteiger partial charge >= 0.3 is 6.09 Å². The Balaban J connectivity index is 1.72. The molecule has 1 aromatic carbocycles. The molecule has 1 atom stereocenters. The number of piperidine rings is 1. The third-order valence-electron chi connectivity index (χ3n) is 4.28. The molecule has 3 rings (SSSR count). The fourth-order valence-electron chi connectivity index (χ4n) is 2.89. The molecule has 26 heavy (non-hydrogen) atoms. The van der Waals surface area contributed by atoms with E-state index in [2.05, 4.69) is 15.6 Å². The Morgan fingerprint density at radius 2 is 1.85 bits per heavy atom. The fourth-order valence-corrected chi connectivity index (χ4v) is 2.89. The molecule has 2 heterocycles. The predicted octanol–water partition coefficient (Wildman–Crippen LogP) is 1.73.